The number of rotatable bonds is 4. The van der Waals surface area contributed by atoms with Gasteiger partial charge in [0.15, 0.2) is 6.23 Å². The zero-order valence-electron chi connectivity index (χ0n) is 15.3. The third-order valence-corrected chi connectivity index (χ3v) is 5.17. The molecule has 0 radical (unpaired) electrons. The predicted molar refractivity (Wildman–Crippen MR) is 107 cm³/mol. The highest BCUT2D eigenvalue weighted by Crippen LogP contribution is 2.39. The monoisotopic (exact) mass is 397 g/mol. The van der Waals surface area contributed by atoms with E-state index in [2.05, 4.69) is 4.98 Å². The number of halogens is 1. The zero-order valence-corrected chi connectivity index (χ0v) is 16.1. The van der Waals surface area contributed by atoms with Crippen molar-refractivity contribution >= 4 is 11.6 Å². The van der Waals surface area contributed by atoms with Gasteiger partial charge in [-0.1, -0.05) is 54.1 Å². The molecule has 7 heteroatoms. The van der Waals surface area contributed by atoms with Crippen molar-refractivity contribution in [3.63, 3.8) is 0 Å². The van der Waals surface area contributed by atoms with Crippen LogP contribution < -0.4 is 11.2 Å². The summed E-state index contributed by atoms with van der Waals surface area (Å²) in [7, 11) is 0. The number of H-pyrrole nitrogens is 1. The molecule has 3 aromatic rings. The molecule has 1 aromatic heterocycles. The van der Waals surface area contributed by atoms with Crippen molar-refractivity contribution in [2.75, 3.05) is 0 Å². The van der Waals surface area contributed by atoms with Gasteiger partial charge in [0.2, 0.25) is 0 Å². The molecule has 0 unspecified atom stereocenters. The van der Waals surface area contributed by atoms with Crippen LogP contribution in [0.25, 0.3) is 0 Å². The van der Waals surface area contributed by atoms with Gasteiger partial charge in [0.05, 0.1) is 6.04 Å². The van der Waals surface area contributed by atoms with Crippen molar-refractivity contribution < 1.29 is 4.84 Å². The molecular formula is C21H20ClN3O3. The quantitative estimate of drug-likeness (QED) is 0.730. The second-order valence-corrected chi connectivity index (χ2v) is 7.34. The zero-order chi connectivity index (χ0) is 19.7. The standard InChI is InChI=1S/C21H20ClN3O3/c1-14-12-24(21(27)23-20(14)26)19-11-18(16-7-9-17(22)10-8-16)25(28-19)13-15-5-3-2-4-6-15/h2-10,12,18-19H,11,13H2,1H3,(H,23,26,27)/t18-,19+/m1/s1. The molecule has 6 nitrogen and oxygen atoms in total. The lowest BCUT2D eigenvalue weighted by Gasteiger charge is -2.23. The minimum absolute atomic E-state index is 0.0541. The maximum absolute atomic E-state index is 12.3. The van der Waals surface area contributed by atoms with Crippen LogP contribution in [0.5, 0.6) is 0 Å². The second kappa shape index (κ2) is 7.75. The van der Waals surface area contributed by atoms with Crippen LogP contribution in [0.1, 0.15) is 35.4 Å². The van der Waals surface area contributed by atoms with Crippen molar-refractivity contribution in [2.24, 2.45) is 0 Å². The SMILES string of the molecule is Cc1cn([C@@H]2C[C@H](c3ccc(Cl)cc3)N(Cc3ccccc3)O2)c(=O)[nH]c1=O. The first-order valence-electron chi connectivity index (χ1n) is 9.06. The Kier molecular flexibility index (Phi) is 5.17. The first-order valence-corrected chi connectivity index (χ1v) is 9.44. The lowest BCUT2D eigenvalue weighted by atomic mass is 10.0. The molecule has 2 heterocycles. The molecule has 2 aromatic carbocycles. The van der Waals surface area contributed by atoms with Crippen LogP contribution in [0.2, 0.25) is 5.02 Å². The van der Waals surface area contributed by atoms with Crippen molar-refractivity contribution in [2.45, 2.75) is 32.2 Å². The number of nitrogens with one attached hydrogen (secondary N) is 1. The molecule has 4 rings (SSSR count). The van der Waals surface area contributed by atoms with Gasteiger partial charge in [-0.3, -0.25) is 19.2 Å². The van der Waals surface area contributed by atoms with Crippen LogP contribution in [-0.2, 0) is 11.4 Å². The molecule has 0 spiro atoms. The highest BCUT2D eigenvalue weighted by molar-refractivity contribution is 6.30. The molecule has 2 atom stereocenters. The summed E-state index contributed by atoms with van der Waals surface area (Å²) in [5, 5.41) is 2.55. The van der Waals surface area contributed by atoms with Crippen LogP contribution in [0.3, 0.4) is 0 Å². The highest BCUT2D eigenvalue weighted by atomic mass is 35.5. The third-order valence-electron chi connectivity index (χ3n) is 4.92. The van der Waals surface area contributed by atoms with E-state index >= 15 is 0 Å². The fourth-order valence-corrected chi connectivity index (χ4v) is 3.57. The Morgan fingerprint density at radius 3 is 2.54 bits per heavy atom. The van der Waals surface area contributed by atoms with Gasteiger partial charge in [-0.15, -0.1) is 0 Å². The number of hydrogen-bond donors (Lipinski definition) is 1. The van der Waals surface area contributed by atoms with Gasteiger partial charge < -0.3 is 0 Å². The Morgan fingerprint density at radius 1 is 1.11 bits per heavy atom. The maximum Gasteiger partial charge on any atom is 0.330 e. The molecular weight excluding hydrogens is 378 g/mol. The van der Waals surface area contributed by atoms with E-state index in [-0.39, 0.29) is 11.6 Å². The molecule has 144 valence electrons. The molecule has 28 heavy (non-hydrogen) atoms. The summed E-state index contributed by atoms with van der Waals surface area (Å²) in [5.41, 5.74) is 1.77. The normalized spacial score (nSPS) is 19.8. The smallest absolute Gasteiger partial charge is 0.274 e. The minimum Gasteiger partial charge on any atom is -0.274 e. The van der Waals surface area contributed by atoms with Crippen LogP contribution >= 0.6 is 11.6 Å². The highest BCUT2D eigenvalue weighted by Gasteiger charge is 2.36. The molecule has 1 fully saturated rings. The number of aryl methyl sites for hydroxylation is 1. The first-order chi connectivity index (χ1) is 13.5. The molecule has 0 amide bonds. The van der Waals surface area contributed by atoms with E-state index < -0.39 is 11.9 Å². The number of aromatic amines is 1. The number of hydrogen-bond acceptors (Lipinski definition) is 4. The van der Waals surface area contributed by atoms with Gasteiger partial charge in [-0.05, 0) is 30.2 Å². The maximum atomic E-state index is 12.3. The Hall–Kier alpha value is -2.67. The van der Waals surface area contributed by atoms with E-state index in [0.29, 0.717) is 23.6 Å². The molecule has 0 bridgehead atoms. The lowest BCUT2D eigenvalue weighted by molar-refractivity contribution is -0.191. The fourth-order valence-electron chi connectivity index (χ4n) is 3.44. The summed E-state index contributed by atoms with van der Waals surface area (Å²) >= 11 is 6.04. The van der Waals surface area contributed by atoms with Crippen molar-refractivity contribution in [1.82, 2.24) is 14.6 Å². The van der Waals surface area contributed by atoms with Gasteiger partial charge >= 0.3 is 5.69 Å². The Labute approximate surface area is 166 Å². The van der Waals surface area contributed by atoms with Gasteiger partial charge in [-0.25, -0.2) is 4.79 Å². The van der Waals surface area contributed by atoms with Gasteiger partial charge in [0, 0.05) is 29.7 Å². The molecule has 0 aliphatic carbocycles. The molecule has 1 saturated heterocycles. The summed E-state index contributed by atoms with van der Waals surface area (Å²) in [4.78, 5) is 32.5. The van der Waals surface area contributed by atoms with Crippen molar-refractivity contribution in [3.8, 4) is 0 Å². The summed E-state index contributed by atoms with van der Waals surface area (Å²) in [5.74, 6) is 0. The lowest BCUT2D eigenvalue weighted by Crippen LogP contribution is -2.33. The van der Waals surface area contributed by atoms with Crippen molar-refractivity contribution in [1.29, 1.82) is 0 Å². The fraction of sp³-hybridized carbons (Fsp3) is 0.238. The number of hydroxylamine groups is 2. The van der Waals surface area contributed by atoms with E-state index in [1.807, 2.05) is 59.7 Å². The Bertz CT molecular complexity index is 1080. The summed E-state index contributed by atoms with van der Waals surface area (Å²) < 4.78 is 1.45. The van der Waals surface area contributed by atoms with Crippen LogP contribution in [-0.4, -0.2) is 14.6 Å². The molecule has 1 aliphatic heterocycles. The average molecular weight is 398 g/mol. The Morgan fingerprint density at radius 2 is 1.82 bits per heavy atom. The first kappa shape index (κ1) is 18.7. The van der Waals surface area contributed by atoms with Gasteiger partial charge in [0.1, 0.15) is 0 Å². The molecule has 0 saturated carbocycles. The van der Waals surface area contributed by atoms with E-state index in [4.69, 9.17) is 16.4 Å². The topological polar surface area (TPSA) is 67.3 Å². The number of aromatic nitrogens is 2. The molecule has 1 aliphatic rings. The predicted octanol–water partition coefficient (Wildman–Crippen LogP) is 3.58. The third kappa shape index (κ3) is 3.80. The van der Waals surface area contributed by atoms with E-state index in [1.54, 1.807) is 13.1 Å². The second-order valence-electron chi connectivity index (χ2n) is 6.90. The van der Waals surface area contributed by atoms with E-state index in [1.165, 1.54) is 4.57 Å². The van der Waals surface area contributed by atoms with Gasteiger partial charge in [0.25, 0.3) is 5.56 Å². The van der Waals surface area contributed by atoms with Crippen molar-refractivity contribution in [3.05, 3.63) is 103 Å². The van der Waals surface area contributed by atoms with Crippen LogP contribution in [0.15, 0.2) is 70.4 Å². The molecule has 1 N–H and O–H groups in total. The van der Waals surface area contributed by atoms with E-state index in [0.717, 1.165) is 11.1 Å². The summed E-state index contributed by atoms with van der Waals surface area (Å²) in [6.07, 6.45) is 1.61. The van der Waals surface area contributed by atoms with E-state index in [9.17, 15) is 9.59 Å². The van der Waals surface area contributed by atoms with Crippen LogP contribution in [0, 0.1) is 6.92 Å². The largest absolute Gasteiger partial charge is 0.330 e. The number of benzene rings is 2. The summed E-state index contributed by atoms with van der Waals surface area (Å²) in [6, 6.07) is 17.6. The van der Waals surface area contributed by atoms with Gasteiger partial charge in [-0.2, -0.15) is 5.06 Å². The summed E-state index contributed by atoms with van der Waals surface area (Å²) in [6.45, 7) is 2.24. The Balaban J connectivity index is 1.68. The minimum atomic E-state index is -0.507. The van der Waals surface area contributed by atoms with Crippen LogP contribution in [0.4, 0.5) is 0 Å². The number of nitrogens with zero attached hydrogens (tertiary/aromatic N) is 2. The average Bonchev–Trinajstić information content (AvgIpc) is 3.09.